The number of carbonyl (C=O) groups is 1. The van der Waals surface area contributed by atoms with Gasteiger partial charge in [-0.25, -0.2) is 4.79 Å². The van der Waals surface area contributed by atoms with Crippen molar-refractivity contribution in [1.82, 2.24) is 10.6 Å². The van der Waals surface area contributed by atoms with Gasteiger partial charge in [-0.3, -0.25) is 0 Å². The zero-order chi connectivity index (χ0) is 13.5. The molecule has 1 fully saturated rings. The third kappa shape index (κ3) is 4.95. The Bertz CT molecular complexity index is 463. The van der Waals surface area contributed by atoms with Crippen LogP contribution in [-0.4, -0.2) is 6.03 Å². The second-order valence-electron chi connectivity index (χ2n) is 4.82. The number of nitrogens with one attached hydrogen (secondary N) is 2. The number of hydrogen-bond donors (Lipinski definition) is 2. The van der Waals surface area contributed by atoms with Crippen LogP contribution in [0.25, 0.3) is 0 Å². The summed E-state index contributed by atoms with van der Waals surface area (Å²) in [5.41, 5.74) is 2.33. The fourth-order valence-corrected chi connectivity index (χ4v) is 2.41. The van der Waals surface area contributed by atoms with E-state index in [1.165, 1.54) is 24.8 Å². The largest absolute Gasteiger partial charge is 0.334 e. The molecule has 1 aromatic rings. The molecule has 1 aromatic carbocycles. The van der Waals surface area contributed by atoms with Crippen molar-refractivity contribution in [2.24, 2.45) is 0 Å². The van der Waals surface area contributed by atoms with Crippen molar-refractivity contribution in [3.8, 4) is 0 Å². The van der Waals surface area contributed by atoms with Gasteiger partial charge in [-0.05, 0) is 43.4 Å². The number of hydrogen-bond acceptors (Lipinski definition) is 1. The minimum atomic E-state index is -0.168. The number of urea groups is 1. The Morgan fingerprint density at radius 3 is 2.79 bits per heavy atom. The lowest BCUT2D eigenvalue weighted by Gasteiger charge is -2.13. The van der Waals surface area contributed by atoms with Gasteiger partial charge in [0.1, 0.15) is 0 Å². The molecule has 2 amide bonds. The molecular formula is C15H19ClN2O. The quantitative estimate of drug-likeness (QED) is 0.862. The first kappa shape index (κ1) is 13.9. The van der Waals surface area contributed by atoms with Crippen LogP contribution >= 0.6 is 11.6 Å². The van der Waals surface area contributed by atoms with Gasteiger partial charge in [0.05, 0.1) is 0 Å². The number of rotatable bonds is 3. The van der Waals surface area contributed by atoms with Crippen molar-refractivity contribution >= 4 is 17.6 Å². The number of benzene rings is 1. The average Bonchev–Trinajstić information content (AvgIpc) is 2.44. The molecule has 1 saturated carbocycles. The Morgan fingerprint density at radius 2 is 2.05 bits per heavy atom. The van der Waals surface area contributed by atoms with Crippen molar-refractivity contribution in [2.75, 3.05) is 0 Å². The van der Waals surface area contributed by atoms with E-state index in [9.17, 15) is 4.79 Å². The van der Waals surface area contributed by atoms with Crippen LogP contribution in [0.3, 0.4) is 0 Å². The van der Waals surface area contributed by atoms with E-state index in [1.807, 2.05) is 30.5 Å². The van der Waals surface area contributed by atoms with E-state index in [0.717, 1.165) is 18.4 Å². The standard InChI is InChI=1S/C15H19ClN2O/c16-14-8-4-7-13(9-14)11-18-15(19)17-10-12-5-2-1-3-6-12/h4,7-10H,1-3,5-6,11H2,(H2,17,18,19). The third-order valence-electron chi connectivity index (χ3n) is 3.25. The van der Waals surface area contributed by atoms with Gasteiger partial charge in [-0.15, -0.1) is 0 Å². The third-order valence-corrected chi connectivity index (χ3v) is 3.48. The lowest BCUT2D eigenvalue weighted by Crippen LogP contribution is -2.32. The second-order valence-corrected chi connectivity index (χ2v) is 5.26. The highest BCUT2D eigenvalue weighted by Gasteiger charge is 2.05. The highest BCUT2D eigenvalue weighted by molar-refractivity contribution is 6.30. The maximum Gasteiger partial charge on any atom is 0.319 e. The Morgan fingerprint density at radius 1 is 1.26 bits per heavy atom. The molecule has 2 N–H and O–H groups in total. The summed E-state index contributed by atoms with van der Waals surface area (Å²) in [5, 5.41) is 6.29. The lowest BCUT2D eigenvalue weighted by molar-refractivity contribution is 0.243. The molecule has 0 heterocycles. The van der Waals surface area contributed by atoms with Crippen LogP contribution in [0, 0.1) is 0 Å². The highest BCUT2D eigenvalue weighted by atomic mass is 35.5. The average molecular weight is 279 g/mol. The summed E-state index contributed by atoms with van der Waals surface area (Å²) in [7, 11) is 0. The van der Waals surface area contributed by atoms with Gasteiger partial charge in [0, 0.05) is 17.8 Å². The summed E-state index contributed by atoms with van der Waals surface area (Å²) < 4.78 is 0. The molecule has 0 radical (unpaired) electrons. The van der Waals surface area contributed by atoms with Crippen LogP contribution in [0.1, 0.15) is 37.7 Å². The van der Waals surface area contributed by atoms with Crippen molar-refractivity contribution < 1.29 is 4.79 Å². The predicted molar refractivity (Wildman–Crippen MR) is 78.0 cm³/mol. The van der Waals surface area contributed by atoms with E-state index in [1.54, 1.807) is 0 Å². The van der Waals surface area contributed by atoms with E-state index in [2.05, 4.69) is 10.6 Å². The molecule has 2 rings (SSSR count). The Labute approximate surface area is 119 Å². The van der Waals surface area contributed by atoms with Crippen molar-refractivity contribution in [3.63, 3.8) is 0 Å². The van der Waals surface area contributed by atoms with Crippen LogP contribution in [0.5, 0.6) is 0 Å². The molecule has 0 bridgehead atoms. The van der Waals surface area contributed by atoms with Crippen LogP contribution in [0.4, 0.5) is 4.79 Å². The molecule has 1 aliphatic rings. The summed E-state index contributed by atoms with van der Waals surface area (Å²) in [5.74, 6) is 0. The van der Waals surface area contributed by atoms with E-state index in [4.69, 9.17) is 11.6 Å². The maximum atomic E-state index is 11.6. The molecule has 4 heteroatoms. The molecule has 0 atom stereocenters. The maximum absolute atomic E-state index is 11.6. The molecule has 0 aromatic heterocycles. The fourth-order valence-electron chi connectivity index (χ4n) is 2.20. The van der Waals surface area contributed by atoms with Gasteiger partial charge in [-0.1, -0.05) is 35.7 Å². The summed E-state index contributed by atoms with van der Waals surface area (Å²) >= 11 is 5.89. The van der Waals surface area contributed by atoms with Crippen LogP contribution in [0.2, 0.25) is 5.02 Å². The Balaban J connectivity index is 1.75. The number of halogens is 1. The van der Waals surface area contributed by atoms with E-state index in [-0.39, 0.29) is 6.03 Å². The van der Waals surface area contributed by atoms with Gasteiger partial charge in [0.2, 0.25) is 0 Å². The van der Waals surface area contributed by atoms with Gasteiger partial charge in [-0.2, -0.15) is 0 Å². The van der Waals surface area contributed by atoms with Crippen molar-refractivity contribution in [1.29, 1.82) is 0 Å². The number of carbonyl (C=O) groups excluding carboxylic acids is 1. The molecular weight excluding hydrogens is 260 g/mol. The van der Waals surface area contributed by atoms with Gasteiger partial charge < -0.3 is 10.6 Å². The zero-order valence-electron chi connectivity index (χ0n) is 10.9. The minimum absolute atomic E-state index is 0.168. The molecule has 0 saturated heterocycles. The van der Waals surface area contributed by atoms with E-state index >= 15 is 0 Å². The summed E-state index contributed by atoms with van der Waals surface area (Å²) in [6.45, 7) is 0.482. The predicted octanol–water partition coefficient (Wildman–Crippen LogP) is 3.99. The Hall–Kier alpha value is -1.48. The summed E-state index contributed by atoms with van der Waals surface area (Å²) in [6, 6.07) is 7.31. The smallest absolute Gasteiger partial charge is 0.319 e. The van der Waals surface area contributed by atoms with Crippen LogP contribution in [-0.2, 0) is 6.54 Å². The molecule has 102 valence electrons. The molecule has 19 heavy (non-hydrogen) atoms. The first-order valence-corrected chi connectivity index (χ1v) is 7.08. The SMILES string of the molecule is O=C(NC=C1CCCCC1)NCc1cccc(Cl)c1. The van der Waals surface area contributed by atoms with Gasteiger partial charge in [0.15, 0.2) is 0 Å². The number of allylic oxidation sites excluding steroid dienone is 1. The van der Waals surface area contributed by atoms with Crippen LogP contribution < -0.4 is 10.6 Å². The second kappa shape index (κ2) is 7.19. The summed E-state index contributed by atoms with van der Waals surface area (Å²) in [6.07, 6.45) is 7.84. The van der Waals surface area contributed by atoms with Gasteiger partial charge >= 0.3 is 6.03 Å². The minimum Gasteiger partial charge on any atom is -0.334 e. The molecule has 3 nitrogen and oxygen atoms in total. The number of amides is 2. The molecule has 0 unspecified atom stereocenters. The monoisotopic (exact) mass is 278 g/mol. The molecule has 0 spiro atoms. The zero-order valence-corrected chi connectivity index (χ0v) is 11.7. The highest BCUT2D eigenvalue weighted by Crippen LogP contribution is 2.21. The van der Waals surface area contributed by atoms with Crippen LogP contribution in [0.15, 0.2) is 36.0 Å². The van der Waals surface area contributed by atoms with E-state index in [0.29, 0.717) is 11.6 Å². The first-order chi connectivity index (χ1) is 9.24. The normalized spacial score (nSPS) is 14.9. The lowest BCUT2D eigenvalue weighted by atomic mass is 9.96. The van der Waals surface area contributed by atoms with Gasteiger partial charge in [0.25, 0.3) is 0 Å². The Kier molecular flexibility index (Phi) is 5.28. The van der Waals surface area contributed by atoms with Crippen molar-refractivity contribution in [2.45, 2.75) is 38.6 Å². The topological polar surface area (TPSA) is 41.1 Å². The molecule has 1 aliphatic carbocycles. The summed E-state index contributed by atoms with van der Waals surface area (Å²) in [4.78, 5) is 11.6. The van der Waals surface area contributed by atoms with E-state index < -0.39 is 0 Å². The van der Waals surface area contributed by atoms with Crippen molar-refractivity contribution in [3.05, 3.63) is 46.6 Å². The molecule has 0 aliphatic heterocycles. The first-order valence-electron chi connectivity index (χ1n) is 6.71. The fraction of sp³-hybridized carbons (Fsp3) is 0.400.